The second-order valence-corrected chi connectivity index (χ2v) is 7.82. The summed E-state index contributed by atoms with van der Waals surface area (Å²) in [5, 5.41) is 11.7. The monoisotopic (exact) mass is 444 g/mol. The largest absolute Gasteiger partial charge is 0.493 e. The summed E-state index contributed by atoms with van der Waals surface area (Å²) >= 11 is 0. The van der Waals surface area contributed by atoms with Gasteiger partial charge < -0.3 is 19.4 Å². The van der Waals surface area contributed by atoms with E-state index < -0.39 is 0 Å². The van der Waals surface area contributed by atoms with Crippen LogP contribution >= 0.6 is 0 Å². The third-order valence-electron chi connectivity index (χ3n) is 5.47. The van der Waals surface area contributed by atoms with E-state index in [0.717, 1.165) is 48.6 Å². The second-order valence-electron chi connectivity index (χ2n) is 7.82. The number of anilines is 1. The van der Waals surface area contributed by atoms with Crippen molar-refractivity contribution < 1.29 is 14.3 Å². The summed E-state index contributed by atoms with van der Waals surface area (Å²) in [5.41, 5.74) is 2.48. The molecule has 0 fully saturated rings. The molecule has 0 aliphatic carbocycles. The first-order valence-electron chi connectivity index (χ1n) is 11.1. The van der Waals surface area contributed by atoms with Gasteiger partial charge >= 0.3 is 0 Å². The number of amides is 1. The predicted molar refractivity (Wildman–Crippen MR) is 129 cm³/mol. The van der Waals surface area contributed by atoms with E-state index in [0.29, 0.717) is 23.8 Å². The van der Waals surface area contributed by atoms with Gasteiger partial charge in [0.05, 0.1) is 7.11 Å². The zero-order chi connectivity index (χ0) is 23.0. The first-order chi connectivity index (χ1) is 16.2. The molecule has 0 atom stereocenters. The topological polar surface area (TPSA) is 78.3 Å². The number of hydrogen-bond donors (Lipinski definition) is 1. The van der Waals surface area contributed by atoms with Crippen LogP contribution in [0.1, 0.15) is 30.7 Å². The molecule has 1 aromatic heterocycles. The number of carbonyl (C=O) groups is 1. The average Bonchev–Trinajstić information content (AvgIpc) is 3.10. The highest BCUT2D eigenvalue weighted by Crippen LogP contribution is 2.29. The number of ether oxygens (including phenoxy) is 2. The maximum atomic E-state index is 12.5. The molecule has 0 spiro atoms. The fourth-order valence-electron chi connectivity index (χ4n) is 3.85. The zero-order valence-electron chi connectivity index (χ0n) is 18.8. The van der Waals surface area contributed by atoms with Crippen LogP contribution in [-0.2, 0) is 17.8 Å². The van der Waals surface area contributed by atoms with Gasteiger partial charge in [0.25, 0.3) is 0 Å². The van der Waals surface area contributed by atoms with E-state index in [1.807, 2.05) is 42.5 Å². The lowest BCUT2D eigenvalue weighted by Crippen LogP contribution is -2.08. The van der Waals surface area contributed by atoms with Crippen LogP contribution < -0.4 is 14.8 Å². The molecule has 1 aliphatic rings. The number of nitrogens with one attached hydrogen (secondary N) is 1. The van der Waals surface area contributed by atoms with Gasteiger partial charge in [-0.2, -0.15) is 0 Å². The van der Waals surface area contributed by atoms with Crippen molar-refractivity contribution in [3.63, 3.8) is 0 Å². The summed E-state index contributed by atoms with van der Waals surface area (Å²) in [6.45, 7) is 4.97. The van der Waals surface area contributed by atoms with E-state index in [1.54, 1.807) is 19.3 Å². The van der Waals surface area contributed by atoms with E-state index >= 15 is 0 Å². The van der Waals surface area contributed by atoms with Crippen LogP contribution in [0.25, 0.3) is 17.5 Å². The van der Waals surface area contributed by atoms with Crippen molar-refractivity contribution in [3.05, 3.63) is 72.6 Å². The molecule has 0 saturated heterocycles. The van der Waals surface area contributed by atoms with E-state index in [4.69, 9.17) is 9.47 Å². The fraction of sp³-hybridized carbons (Fsp3) is 0.269. The quantitative estimate of drug-likeness (QED) is 0.395. The van der Waals surface area contributed by atoms with Gasteiger partial charge in [-0.05, 0) is 48.7 Å². The van der Waals surface area contributed by atoms with Gasteiger partial charge in [-0.25, -0.2) is 0 Å². The summed E-state index contributed by atoms with van der Waals surface area (Å²) in [6.07, 6.45) is 9.35. The van der Waals surface area contributed by atoms with Crippen molar-refractivity contribution in [2.24, 2.45) is 0 Å². The van der Waals surface area contributed by atoms with Crippen molar-refractivity contribution in [2.45, 2.75) is 32.2 Å². The molecule has 1 amide bonds. The minimum Gasteiger partial charge on any atom is -0.493 e. The summed E-state index contributed by atoms with van der Waals surface area (Å²) in [5.74, 6) is 2.89. The minimum atomic E-state index is -0.224. The first-order valence-corrected chi connectivity index (χ1v) is 11.1. The summed E-state index contributed by atoms with van der Waals surface area (Å²) < 4.78 is 13.1. The third kappa shape index (κ3) is 5.49. The lowest BCUT2D eigenvalue weighted by Gasteiger charge is -2.10. The van der Waals surface area contributed by atoms with Gasteiger partial charge in [0.2, 0.25) is 5.91 Å². The first kappa shape index (κ1) is 22.3. The molecule has 2 heterocycles. The van der Waals surface area contributed by atoms with Crippen molar-refractivity contribution in [2.75, 3.05) is 19.0 Å². The molecule has 33 heavy (non-hydrogen) atoms. The minimum absolute atomic E-state index is 0.224. The van der Waals surface area contributed by atoms with Gasteiger partial charge in [0, 0.05) is 30.3 Å². The number of carbonyl (C=O) groups excluding carboxylic acids is 1. The van der Waals surface area contributed by atoms with Gasteiger partial charge in [-0.15, -0.1) is 10.2 Å². The lowest BCUT2D eigenvalue weighted by molar-refractivity contribution is -0.111. The normalized spacial score (nSPS) is 13.2. The number of hydrogen-bond acceptors (Lipinski definition) is 5. The Morgan fingerprint density at radius 3 is 2.91 bits per heavy atom. The number of methoxy groups -OCH3 is 1. The Hall–Kier alpha value is -3.87. The number of nitrogens with zero attached hydrogens (tertiary/aromatic N) is 3. The number of aromatic nitrogens is 3. The Morgan fingerprint density at radius 1 is 1.15 bits per heavy atom. The Bertz CT molecular complexity index is 1170. The van der Waals surface area contributed by atoms with E-state index in [-0.39, 0.29) is 5.91 Å². The molecule has 1 N–H and O–H groups in total. The maximum Gasteiger partial charge on any atom is 0.248 e. The van der Waals surface area contributed by atoms with Crippen LogP contribution in [-0.4, -0.2) is 34.4 Å². The highest BCUT2D eigenvalue weighted by molar-refractivity contribution is 6.02. The fourth-order valence-corrected chi connectivity index (χ4v) is 3.85. The highest BCUT2D eigenvalue weighted by atomic mass is 16.5. The van der Waals surface area contributed by atoms with Gasteiger partial charge in [0.15, 0.2) is 17.3 Å². The van der Waals surface area contributed by atoms with E-state index in [1.165, 1.54) is 12.5 Å². The van der Waals surface area contributed by atoms with Crippen molar-refractivity contribution in [3.8, 4) is 22.9 Å². The smallest absolute Gasteiger partial charge is 0.248 e. The van der Waals surface area contributed by atoms with Crippen LogP contribution in [0.2, 0.25) is 0 Å². The van der Waals surface area contributed by atoms with Crippen LogP contribution in [0.15, 0.2) is 61.2 Å². The SMILES string of the molecule is C=CCOc1ccc(/C=C/C(=O)Nc2cccc(-c3nnc4n3CCCCC4)c2)cc1OC. The Kier molecular flexibility index (Phi) is 7.19. The molecule has 2 aromatic carbocycles. The highest BCUT2D eigenvalue weighted by Gasteiger charge is 2.16. The Morgan fingerprint density at radius 2 is 2.06 bits per heavy atom. The second kappa shape index (κ2) is 10.6. The third-order valence-corrected chi connectivity index (χ3v) is 5.47. The van der Waals surface area contributed by atoms with Crippen molar-refractivity contribution >= 4 is 17.7 Å². The number of benzene rings is 2. The molecule has 170 valence electrons. The molecule has 3 aromatic rings. The number of aryl methyl sites for hydroxylation is 1. The van der Waals surface area contributed by atoms with Gasteiger partial charge in [0.1, 0.15) is 12.4 Å². The Balaban J connectivity index is 1.45. The summed E-state index contributed by atoms with van der Waals surface area (Å²) in [7, 11) is 1.58. The number of rotatable bonds is 8. The van der Waals surface area contributed by atoms with Crippen LogP contribution in [0.4, 0.5) is 5.69 Å². The lowest BCUT2D eigenvalue weighted by atomic mass is 10.1. The van der Waals surface area contributed by atoms with Crippen LogP contribution in [0.3, 0.4) is 0 Å². The summed E-state index contributed by atoms with van der Waals surface area (Å²) in [6, 6.07) is 13.2. The molecule has 0 bridgehead atoms. The predicted octanol–water partition coefficient (Wildman–Crippen LogP) is 4.90. The molecule has 7 heteroatoms. The van der Waals surface area contributed by atoms with E-state index in [9.17, 15) is 4.79 Å². The molecule has 1 aliphatic heterocycles. The molecule has 0 unspecified atom stereocenters. The standard InChI is InChI=1S/C26H28N4O3/c1-3-16-33-22-13-11-19(17-23(22)32-2)12-14-25(31)27-21-9-7-8-20(18-21)26-29-28-24-10-5-4-6-15-30(24)26/h3,7-9,11-14,17-18H,1,4-6,10,15-16H2,2H3,(H,27,31)/b14-12+. The van der Waals surface area contributed by atoms with Crippen LogP contribution in [0.5, 0.6) is 11.5 Å². The molecule has 0 saturated carbocycles. The summed E-state index contributed by atoms with van der Waals surface area (Å²) in [4.78, 5) is 12.5. The number of fused-ring (bicyclic) bond motifs is 1. The average molecular weight is 445 g/mol. The van der Waals surface area contributed by atoms with Gasteiger partial charge in [-0.1, -0.05) is 37.3 Å². The maximum absolute atomic E-state index is 12.5. The van der Waals surface area contributed by atoms with Crippen molar-refractivity contribution in [1.82, 2.24) is 14.8 Å². The van der Waals surface area contributed by atoms with Crippen molar-refractivity contribution in [1.29, 1.82) is 0 Å². The van der Waals surface area contributed by atoms with E-state index in [2.05, 4.69) is 26.7 Å². The molecular formula is C26H28N4O3. The molecule has 4 rings (SSSR count). The van der Waals surface area contributed by atoms with Gasteiger partial charge in [-0.3, -0.25) is 4.79 Å². The van der Waals surface area contributed by atoms with Crippen LogP contribution in [0, 0.1) is 0 Å². The zero-order valence-corrected chi connectivity index (χ0v) is 18.8. The molecular weight excluding hydrogens is 416 g/mol. The molecule has 0 radical (unpaired) electrons. The Labute approximate surface area is 193 Å². The molecule has 7 nitrogen and oxygen atoms in total.